The maximum absolute atomic E-state index is 4.41. The Labute approximate surface area is 184 Å². The second-order valence-electron chi connectivity index (χ2n) is 7.42. The van der Waals surface area contributed by atoms with Crippen LogP contribution in [0.25, 0.3) is 22.6 Å². The number of aromatic amines is 1. The second kappa shape index (κ2) is 10.3. The van der Waals surface area contributed by atoms with Crippen LogP contribution in [0.15, 0.2) is 128 Å². The number of hydrogen-bond donors (Lipinski definition) is 1. The topological polar surface area (TPSA) is 28.7 Å². The van der Waals surface area contributed by atoms with Crippen molar-refractivity contribution < 1.29 is 0 Å². The number of benzene rings is 4. The van der Waals surface area contributed by atoms with Gasteiger partial charge in [-0.05, 0) is 5.56 Å². The third-order valence-electron chi connectivity index (χ3n) is 5.31. The molecule has 0 spiro atoms. The van der Waals surface area contributed by atoms with Gasteiger partial charge in [0.2, 0.25) is 6.71 Å². The maximum atomic E-state index is 4.41. The van der Waals surface area contributed by atoms with Gasteiger partial charge in [0, 0.05) is 5.56 Å². The molecule has 5 aromatic rings. The van der Waals surface area contributed by atoms with Crippen molar-refractivity contribution in [3.63, 3.8) is 0 Å². The summed E-state index contributed by atoms with van der Waals surface area (Å²) in [4.78, 5) is 7.74. The largest absolute Gasteiger partial charge is 0.338 e. The molecule has 3 heteroatoms. The van der Waals surface area contributed by atoms with E-state index >= 15 is 0 Å². The number of imidazole rings is 1. The van der Waals surface area contributed by atoms with Crippen LogP contribution in [0.1, 0.15) is 0 Å². The molecule has 0 amide bonds. The quantitative estimate of drug-likeness (QED) is 0.387. The van der Waals surface area contributed by atoms with Gasteiger partial charge >= 0.3 is 0 Å². The van der Waals surface area contributed by atoms with Crippen molar-refractivity contribution in [3.05, 3.63) is 128 Å². The van der Waals surface area contributed by atoms with Crippen molar-refractivity contribution in [2.24, 2.45) is 0 Å². The van der Waals surface area contributed by atoms with Crippen LogP contribution in [0.4, 0.5) is 0 Å². The average Bonchev–Trinajstić information content (AvgIpc) is 3.37. The lowest BCUT2D eigenvalue weighted by molar-refractivity contribution is 1.31. The molecule has 1 aromatic heterocycles. The van der Waals surface area contributed by atoms with Crippen molar-refractivity contribution in [1.82, 2.24) is 9.97 Å². The molecule has 0 radical (unpaired) electrons. The molecule has 4 aromatic carbocycles. The lowest BCUT2D eigenvalue weighted by Gasteiger charge is -2.08. The van der Waals surface area contributed by atoms with Gasteiger partial charge in [0.15, 0.2) is 0 Å². The molecule has 1 N–H and O–H groups in total. The van der Waals surface area contributed by atoms with Gasteiger partial charge < -0.3 is 4.98 Å². The van der Waals surface area contributed by atoms with Crippen LogP contribution in [-0.2, 0) is 0 Å². The fourth-order valence-corrected chi connectivity index (χ4v) is 3.50. The van der Waals surface area contributed by atoms with E-state index in [4.69, 9.17) is 0 Å². The highest BCUT2D eigenvalue weighted by Gasteiger charge is 2.10. The molecule has 0 atom stereocenters. The molecule has 0 aliphatic heterocycles. The van der Waals surface area contributed by atoms with E-state index in [2.05, 4.69) is 89.6 Å². The number of rotatable bonds is 4. The van der Waals surface area contributed by atoms with Crippen molar-refractivity contribution in [1.29, 1.82) is 0 Å². The Morgan fingerprint density at radius 2 is 0.968 bits per heavy atom. The first-order valence-electron chi connectivity index (χ1n) is 10.6. The first kappa shape index (κ1) is 20.4. The van der Waals surface area contributed by atoms with Crippen molar-refractivity contribution in [2.45, 2.75) is 6.82 Å². The van der Waals surface area contributed by atoms with Gasteiger partial charge in [0.05, 0.1) is 11.9 Å². The minimum Gasteiger partial charge on any atom is -0.338 e. The third-order valence-corrected chi connectivity index (χ3v) is 5.31. The summed E-state index contributed by atoms with van der Waals surface area (Å²) in [6.45, 7) is 2.72. The van der Waals surface area contributed by atoms with Crippen LogP contribution in [0.2, 0.25) is 6.82 Å². The fourth-order valence-electron chi connectivity index (χ4n) is 3.50. The summed E-state index contributed by atoms with van der Waals surface area (Å²) in [5.41, 5.74) is 6.05. The maximum Gasteiger partial charge on any atom is 0.206 e. The predicted octanol–water partition coefficient (Wildman–Crippen LogP) is 5.67. The monoisotopic (exact) mass is 400 g/mol. The van der Waals surface area contributed by atoms with Crippen LogP contribution in [-0.4, -0.2) is 16.7 Å². The van der Waals surface area contributed by atoms with Crippen LogP contribution in [0.5, 0.6) is 0 Å². The number of nitrogens with zero attached hydrogens (tertiary/aromatic N) is 1. The molecule has 0 unspecified atom stereocenters. The highest BCUT2D eigenvalue weighted by Crippen LogP contribution is 2.21. The van der Waals surface area contributed by atoms with Crippen LogP contribution >= 0.6 is 0 Å². The van der Waals surface area contributed by atoms with E-state index < -0.39 is 0 Å². The summed E-state index contributed by atoms with van der Waals surface area (Å²) in [6.07, 6.45) is 1.87. The SMILES string of the molecule is CB(c1ccccc1)c1ccccc1.c1ccc(-c2cnc(-c3ccccc3)[nH]2)cc1. The summed E-state index contributed by atoms with van der Waals surface area (Å²) in [5.74, 6) is 0.907. The van der Waals surface area contributed by atoms with Crippen molar-refractivity contribution in [3.8, 4) is 22.6 Å². The van der Waals surface area contributed by atoms with Gasteiger partial charge in [0.1, 0.15) is 5.82 Å². The number of H-pyrrole nitrogens is 1. The standard InChI is InChI=1S/C15H12N2.C13H13B/c1-3-7-12(8-4-1)14-11-16-15(17-14)13-9-5-2-6-10-13;1-14(12-8-4-2-5-9-12)13-10-6-3-7-11-13/h1-11H,(H,16,17);2-11H,1H3. The van der Waals surface area contributed by atoms with Crippen molar-refractivity contribution >= 4 is 17.6 Å². The summed E-state index contributed by atoms with van der Waals surface area (Å²) < 4.78 is 0. The summed E-state index contributed by atoms with van der Waals surface area (Å²) in [5, 5.41) is 0. The van der Waals surface area contributed by atoms with E-state index in [0.717, 1.165) is 22.6 Å². The molecule has 0 aliphatic carbocycles. The van der Waals surface area contributed by atoms with Crippen LogP contribution in [0, 0.1) is 0 Å². The van der Waals surface area contributed by atoms with E-state index in [1.807, 2.05) is 54.7 Å². The Morgan fingerprint density at radius 3 is 1.45 bits per heavy atom. The smallest absolute Gasteiger partial charge is 0.206 e. The van der Waals surface area contributed by atoms with E-state index in [1.165, 1.54) is 10.9 Å². The van der Waals surface area contributed by atoms with Gasteiger partial charge in [0.25, 0.3) is 0 Å². The molecule has 0 fully saturated rings. The molecule has 2 nitrogen and oxygen atoms in total. The molecule has 0 aliphatic rings. The molecular weight excluding hydrogens is 375 g/mol. The fraction of sp³-hybridized carbons (Fsp3) is 0.0357. The first-order valence-corrected chi connectivity index (χ1v) is 10.6. The number of hydrogen-bond acceptors (Lipinski definition) is 1. The zero-order valence-corrected chi connectivity index (χ0v) is 17.6. The highest BCUT2D eigenvalue weighted by molar-refractivity contribution is 6.84. The Balaban J connectivity index is 0.000000152. The zero-order valence-electron chi connectivity index (χ0n) is 17.6. The minimum atomic E-state index is 0.484. The minimum absolute atomic E-state index is 0.484. The van der Waals surface area contributed by atoms with E-state index in [-0.39, 0.29) is 0 Å². The number of aromatic nitrogens is 2. The molecule has 0 bridgehead atoms. The Kier molecular flexibility index (Phi) is 6.76. The molecule has 0 saturated carbocycles. The summed E-state index contributed by atoms with van der Waals surface area (Å²) >= 11 is 0. The third kappa shape index (κ3) is 5.40. The highest BCUT2D eigenvalue weighted by atomic mass is 14.9. The number of nitrogens with one attached hydrogen (secondary N) is 1. The molecule has 31 heavy (non-hydrogen) atoms. The Bertz CT molecular complexity index is 1080. The van der Waals surface area contributed by atoms with Gasteiger partial charge in [-0.15, -0.1) is 0 Å². The van der Waals surface area contributed by atoms with Crippen molar-refractivity contribution in [2.75, 3.05) is 0 Å². The second-order valence-corrected chi connectivity index (χ2v) is 7.42. The zero-order chi connectivity index (χ0) is 21.3. The van der Waals surface area contributed by atoms with E-state index in [1.54, 1.807) is 0 Å². The lowest BCUT2D eigenvalue weighted by atomic mass is 9.43. The average molecular weight is 400 g/mol. The molecular formula is C28H25BN2. The molecule has 150 valence electrons. The van der Waals surface area contributed by atoms with Gasteiger partial charge in [-0.25, -0.2) is 4.98 Å². The van der Waals surface area contributed by atoms with Crippen LogP contribution in [0.3, 0.4) is 0 Å². The lowest BCUT2D eigenvalue weighted by Crippen LogP contribution is -2.38. The first-order chi connectivity index (χ1) is 15.3. The molecule has 0 saturated heterocycles. The van der Waals surface area contributed by atoms with Gasteiger partial charge in [-0.3, -0.25) is 0 Å². The van der Waals surface area contributed by atoms with Gasteiger partial charge in [-0.1, -0.05) is 139 Å². The van der Waals surface area contributed by atoms with Gasteiger partial charge in [-0.2, -0.15) is 0 Å². The molecule has 1 heterocycles. The Morgan fingerprint density at radius 1 is 0.548 bits per heavy atom. The summed E-state index contributed by atoms with van der Waals surface area (Å²) in [7, 11) is 0. The molecule has 5 rings (SSSR count). The normalized spacial score (nSPS) is 10.1. The van der Waals surface area contributed by atoms with Crippen LogP contribution < -0.4 is 10.9 Å². The Hall–Kier alpha value is -3.85. The van der Waals surface area contributed by atoms with E-state index in [0.29, 0.717) is 6.71 Å². The predicted molar refractivity (Wildman–Crippen MR) is 133 cm³/mol. The summed E-state index contributed by atoms with van der Waals surface area (Å²) in [6, 6.07) is 41.5. The van der Waals surface area contributed by atoms with E-state index in [9.17, 15) is 0 Å².